The van der Waals surface area contributed by atoms with E-state index in [4.69, 9.17) is 5.11 Å². The molecule has 0 bridgehead atoms. The molecule has 1 heterocycles. The van der Waals surface area contributed by atoms with Gasteiger partial charge in [-0.05, 0) is 12.1 Å². The minimum atomic E-state index is -1.42. The third-order valence-corrected chi connectivity index (χ3v) is 2.62. The van der Waals surface area contributed by atoms with Gasteiger partial charge in [-0.3, -0.25) is 0 Å². The molecule has 0 aliphatic carbocycles. The van der Waals surface area contributed by atoms with Crippen LogP contribution in [0.2, 0.25) is 0 Å². The van der Waals surface area contributed by atoms with Crippen LogP contribution in [-0.4, -0.2) is 42.9 Å². The lowest BCUT2D eigenvalue weighted by Crippen LogP contribution is -2.24. The van der Waals surface area contributed by atoms with Gasteiger partial charge in [0.1, 0.15) is 17.9 Å². The van der Waals surface area contributed by atoms with Gasteiger partial charge in [0, 0.05) is 0 Å². The van der Waals surface area contributed by atoms with Crippen molar-refractivity contribution in [2.24, 2.45) is 0 Å². The van der Waals surface area contributed by atoms with E-state index >= 15 is 0 Å². The summed E-state index contributed by atoms with van der Waals surface area (Å²) in [5.74, 6) is -0.237. The van der Waals surface area contributed by atoms with Crippen LogP contribution in [0.25, 0.3) is 5.69 Å². The molecule has 2 atom stereocenters. The monoisotopic (exact) mass is 250 g/mol. The van der Waals surface area contributed by atoms with Crippen molar-refractivity contribution in [1.29, 1.82) is 0 Å². The molecule has 6 nitrogen and oxygen atoms in total. The van der Waals surface area contributed by atoms with Crippen molar-refractivity contribution in [3.8, 4) is 11.4 Å². The Labute approximate surface area is 103 Å². The van der Waals surface area contributed by atoms with Gasteiger partial charge in [-0.15, -0.1) is 0 Å². The van der Waals surface area contributed by atoms with Crippen LogP contribution in [0.4, 0.5) is 0 Å². The zero-order chi connectivity index (χ0) is 13.1. The van der Waals surface area contributed by atoms with E-state index in [1.54, 1.807) is 24.3 Å². The normalized spacial score (nSPS) is 14.4. The topological polar surface area (TPSA) is 98.7 Å². The Morgan fingerprint density at radius 3 is 2.44 bits per heavy atom. The fourth-order valence-corrected chi connectivity index (χ4v) is 1.68. The van der Waals surface area contributed by atoms with E-state index in [2.05, 4.69) is 5.10 Å². The predicted octanol–water partition coefficient (Wildman–Crippen LogP) is -0.0355. The average molecular weight is 250 g/mol. The molecule has 0 radical (unpaired) electrons. The molecule has 0 spiro atoms. The first-order chi connectivity index (χ1) is 8.65. The van der Waals surface area contributed by atoms with Gasteiger partial charge < -0.3 is 20.4 Å². The van der Waals surface area contributed by atoms with Crippen LogP contribution in [0.15, 0.2) is 36.5 Å². The SMILES string of the molecule is OC[C@@H](O)[C@@H](O)c1c(O)cnn1-c1ccccc1. The Bertz CT molecular complexity index is 512. The lowest BCUT2D eigenvalue weighted by molar-refractivity contribution is -0.0193. The molecule has 96 valence electrons. The molecule has 1 aromatic carbocycles. The number of aromatic hydroxyl groups is 1. The minimum absolute atomic E-state index is 0.0442. The van der Waals surface area contributed by atoms with Crippen molar-refractivity contribution >= 4 is 0 Å². The second-order valence-corrected chi connectivity index (χ2v) is 3.86. The number of aliphatic hydroxyl groups excluding tert-OH is 3. The van der Waals surface area contributed by atoms with E-state index in [1.165, 1.54) is 10.9 Å². The lowest BCUT2D eigenvalue weighted by Gasteiger charge is -2.17. The summed E-state index contributed by atoms with van der Waals surface area (Å²) in [6, 6.07) is 8.88. The number of hydrogen-bond acceptors (Lipinski definition) is 5. The molecule has 0 saturated carbocycles. The van der Waals surface area contributed by atoms with Gasteiger partial charge in [-0.2, -0.15) is 5.10 Å². The molecule has 4 N–H and O–H groups in total. The maximum atomic E-state index is 9.87. The molecule has 0 unspecified atom stereocenters. The van der Waals surface area contributed by atoms with Crippen molar-refractivity contribution in [3.05, 3.63) is 42.2 Å². The van der Waals surface area contributed by atoms with Gasteiger partial charge in [0.15, 0.2) is 5.75 Å². The minimum Gasteiger partial charge on any atom is -0.504 e. The molecule has 18 heavy (non-hydrogen) atoms. The van der Waals surface area contributed by atoms with E-state index in [0.717, 1.165) is 0 Å². The highest BCUT2D eigenvalue weighted by Crippen LogP contribution is 2.28. The summed E-state index contributed by atoms with van der Waals surface area (Å²) in [4.78, 5) is 0. The summed E-state index contributed by atoms with van der Waals surface area (Å²) in [7, 11) is 0. The molecule has 6 heteroatoms. The zero-order valence-electron chi connectivity index (χ0n) is 9.51. The Morgan fingerprint density at radius 2 is 1.83 bits per heavy atom. The van der Waals surface area contributed by atoms with E-state index < -0.39 is 18.8 Å². The molecular weight excluding hydrogens is 236 g/mol. The first kappa shape index (κ1) is 12.6. The third-order valence-electron chi connectivity index (χ3n) is 2.62. The Balaban J connectivity index is 2.45. The summed E-state index contributed by atoms with van der Waals surface area (Å²) in [5, 5.41) is 41.8. The van der Waals surface area contributed by atoms with Crippen molar-refractivity contribution in [2.45, 2.75) is 12.2 Å². The number of aromatic nitrogens is 2. The summed E-state index contributed by atoms with van der Waals surface area (Å²) in [5.41, 5.74) is 0.680. The molecule has 0 amide bonds. The van der Waals surface area contributed by atoms with Gasteiger partial charge in [0.05, 0.1) is 18.5 Å². The van der Waals surface area contributed by atoms with Crippen molar-refractivity contribution in [2.75, 3.05) is 6.61 Å². The van der Waals surface area contributed by atoms with Gasteiger partial charge in [0.25, 0.3) is 0 Å². The number of nitrogens with zero attached hydrogens (tertiary/aromatic N) is 2. The van der Waals surface area contributed by atoms with Gasteiger partial charge >= 0.3 is 0 Å². The number of hydrogen-bond donors (Lipinski definition) is 4. The van der Waals surface area contributed by atoms with Gasteiger partial charge in [-0.1, -0.05) is 18.2 Å². The molecule has 1 aromatic heterocycles. The van der Waals surface area contributed by atoms with E-state index in [-0.39, 0.29) is 11.4 Å². The van der Waals surface area contributed by atoms with Crippen LogP contribution < -0.4 is 0 Å². The first-order valence-corrected chi connectivity index (χ1v) is 5.44. The summed E-state index contributed by atoms with van der Waals surface area (Å²) < 4.78 is 1.32. The highest BCUT2D eigenvalue weighted by Gasteiger charge is 2.25. The van der Waals surface area contributed by atoms with E-state index in [1.807, 2.05) is 6.07 Å². The van der Waals surface area contributed by atoms with Crippen molar-refractivity contribution < 1.29 is 20.4 Å². The molecule has 0 aliphatic rings. The largest absolute Gasteiger partial charge is 0.504 e. The highest BCUT2D eigenvalue weighted by atomic mass is 16.4. The Hall–Kier alpha value is -1.89. The second-order valence-electron chi connectivity index (χ2n) is 3.86. The molecule has 0 saturated heterocycles. The highest BCUT2D eigenvalue weighted by molar-refractivity contribution is 5.38. The number of para-hydroxylation sites is 1. The molecule has 0 fully saturated rings. The Morgan fingerprint density at radius 1 is 1.17 bits per heavy atom. The Kier molecular flexibility index (Phi) is 3.61. The van der Waals surface area contributed by atoms with Crippen LogP contribution in [0.1, 0.15) is 11.8 Å². The third kappa shape index (κ3) is 2.21. The first-order valence-electron chi connectivity index (χ1n) is 5.44. The molecule has 0 aliphatic heterocycles. The van der Waals surface area contributed by atoms with Crippen LogP contribution >= 0.6 is 0 Å². The molecular formula is C12H14N2O4. The van der Waals surface area contributed by atoms with E-state index in [9.17, 15) is 15.3 Å². The van der Waals surface area contributed by atoms with Crippen LogP contribution in [-0.2, 0) is 0 Å². The maximum absolute atomic E-state index is 9.87. The molecule has 2 aromatic rings. The maximum Gasteiger partial charge on any atom is 0.160 e. The number of benzene rings is 1. The van der Waals surface area contributed by atoms with Gasteiger partial charge in [-0.25, -0.2) is 4.68 Å². The summed E-state index contributed by atoms with van der Waals surface area (Å²) >= 11 is 0. The standard InChI is InChI=1S/C12H14N2O4/c15-7-10(17)12(18)11-9(16)6-13-14(11)8-4-2-1-3-5-8/h1-6,10,12,15-18H,7H2/t10-,12-/m1/s1. The van der Waals surface area contributed by atoms with Crippen LogP contribution in [0, 0.1) is 0 Å². The number of aliphatic hydroxyl groups is 3. The summed E-state index contributed by atoms with van der Waals surface area (Å²) in [6.45, 7) is -0.611. The lowest BCUT2D eigenvalue weighted by atomic mass is 10.1. The quantitative estimate of drug-likeness (QED) is 0.610. The van der Waals surface area contributed by atoms with Crippen molar-refractivity contribution in [3.63, 3.8) is 0 Å². The zero-order valence-corrected chi connectivity index (χ0v) is 9.51. The fourth-order valence-electron chi connectivity index (χ4n) is 1.68. The van der Waals surface area contributed by atoms with Crippen LogP contribution in [0.3, 0.4) is 0 Å². The average Bonchev–Trinajstić information content (AvgIpc) is 2.80. The second kappa shape index (κ2) is 5.18. The van der Waals surface area contributed by atoms with Crippen molar-refractivity contribution in [1.82, 2.24) is 9.78 Å². The van der Waals surface area contributed by atoms with E-state index in [0.29, 0.717) is 5.69 Å². The fraction of sp³-hybridized carbons (Fsp3) is 0.250. The smallest absolute Gasteiger partial charge is 0.160 e. The molecule has 2 rings (SSSR count). The predicted molar refractivity (Wildman–Crippen MR) is 63.3 cm³/mol. The van der Waals surface area contributed by atoms with Gasteiger partial charge in [0.2, 0.25) is 0 Å². The summed E-state index contributed by atoms with van der Waals surface area (Å²) in [6.07, 6.45) is -1.62. The number of rotatable bonds is 4. The van der Waals surface area contributed by atoms with Crippen LogP contribution in [0.5, 0.6) is 5.75 Å².